The van der Waals surface area contributed by atoms with Crippen molar-refractivity contribution in [3.63, 3.8) is 0 Å². The third kappa shape index (κ3) is 2.34. The Kier molecular flexibility index (Phi) is 2.68. The van der Waals surface area contributed by atoms with E-state index in [1.54, 1.807) is 0 Å². The molecule has 0 unspecified atom stereocenters. The Morgan fingerprint density at radius 1 is 1.23 bits per heavy atom. The first kappa shape index (κ1) is 8.81. The Labute approximate surface area is 82.1 Å². The molecule has 0 radical (unpaired) electrons. The standard InChI is InChI=1S/C9H13N3S/c10-8-5-6-9(12-11-8)13-7-3-1-2-4-7/h5-7H,1-4H2,(H2,10,11). The summed E-state index contributed by atoms with van der Waals surface area (Å²) < 4.78 is 0. The fourth-order valence-corrected chi connectivity index (χ4v) is 2.72. The van der Waals surface area contributed by atoms with Crippen LogP contribution in [0.25, 0.3) is 0 Å². The van der Waals surface area contributed by atoms with Crippen molar-refractivity contribution >= 4 is 17.6 Å². The Hall–Kier alpha value is -0.770. The molecule has 13 heavy (non-hydrogen) atoms. The van der Waals surface area contributed by atoms with E-state index in [4.69, 9.17) is 5.73 Å². The molecule has 0 amide bonds. The normalized spacial score (nSPS) is 17.8. The molecule has 1 aromatic rings. The van der Waals surface area contributed by atoms with E-state index >= 15 is 0 Å². The van der Waals surface area contributed by atoms with Gasteiger partial charge in [-0.15, -0.1) is 22.0 Å². The molecule has 1 heterocycles. The van der Waals surface area contributed by atoms with Gasteiger partial charge in [-0.2, -0.15) is 0 Å². The van der Waals surface area contributed by atoms with Crippen LogP contribution in [0.4, 0.5) is 5.82 Å². The van der Waals surface area contributed by atoms with Crippen LogP contribution in [0.15, 0.2) is 17.2 Å². The number of nitrogens with zero attached hydrogens (tertiary/aromatic N) is 2. The molecule has 0 atom stereocenters. The van der Waals surface area contributed by atoms with Crippen molar-refractivity contribution < 1.29 is 0 Å². The zero-order valence-electron chi connectivity index (χ0n) is 7.44. The molecule has 1 aliphatic carbocycles. The molecule has 2 rings (SSSR count). The van der Waals surface area contributed by atoms with Crippen molar-refractivity contribution in [3.8, 4) is 0 Å². The van der Waals surface area contributed by atoms with Gasteiger partial charge in [0.05, 0.1) is 0 Å². The molecular weight excluding hydrogens is 182 g/mol. The van der Waals surface area contributed by atoms with Gasteiger partial charge >= 0.3 is 0 Å². The molecule has 3 nitrogen and oxygen atoms in total. The van der Waals surface area contributed by atoms with Crippen molar-refractivity contribution in [2.75, 3.05) is 5.73 Å². The number of nitrogens with two attached hydrogens (primary N) is 1. The summed E-state index contributed by atoms with van der Waals surface area (Å²) in [7, 11) is 0. The highest BCUT2D eigenvalue weighted by atomic mass is 32.2. The lowest BCUT2D eigenvalue weighted by Crippen LogP contribution is -1.97. The van der Waals surface area contributed by atoms with E-state index < -0.39 is 0 Å². The third-order valence-electron chi connectivity index (χ3n) is 2.25. The fraction of sp³-hybridized carbons (Fsp3) is 0.556. The SMILES string of the molecule is Nc1ccc(SC2CCCC2)nn1. The van der Waals surface area contributed by atoms with Crippen LogP contribution in [0.3, 0.4) is 0 Å². The van der Waals surface area contributed by atoms with Gasteiger partial charge in [-0.3, -0.25) is 0 Å². The summed E-state index contributed by atoms with van der Waals surface area (Å²) in [5.74, 6) is 0.496. The zero-order valence-corrected chi connectivity index (χ0v) is 8.26. The predicted molar refractivity (Wildman–Crippen MR) is 54.6 cm³/mol. The molecule has 1 saturated carbocycles. The lowest BCUT2D eigenvalue weighted by atomic mass is 10.4. The van der Waals surface area contributed by atoms with Crippen molar-refractivity contribution in [3.05, 3.63) is 12.1 Å². The maximum absolute atomic E-state index is 5.45. The van der Waals surface area contributed by atoms with Gasteiger partial charge < -0.3 is 5.73 Å². The Bertz CT molecular complexity index is 267. The number of thioether (sulfide) groups is 1. The summed E-state index contributed by atoms with van der Waals surface area (Å²) in [6.45, 7) is 0. The van der Waals surface area contributed by atoms with Crippen LogP contribution in [0, 0.1) is 0 Å². The van der Waals surface area contributed by atoms with Gasteiger partial charge in [0.15, 0.2) is 0 Å². The maximum atomic E-state index is 5.45. The minimum atomic E-state index is 0.496. The largest absolute Gasteiger partial charge is 0.382 e. The number of hydrogen-bond donors (Lipinski definition) is 1. The smallest absolute Gasteiger partial charge is 0.146 e. The summed E-state index contributed by atoms with van der Waals surface area (Å²) >= 11 is 1.83. The van der Waals surface area contributed by atoms with Crippen LogP contribution in [-0.4, -0.2) is 15.4 Å². The molecule has 0 aliphatic heterocycles. The van der Waals surface area contributed by atoms with Crippen molar-refractivity contribution in [2.24, 2.45) is 0 Å². The Morgan fingerprint density at radius 2 is 2.00 bits per heavy atom. The minimum absolute atomic E-state index is 0.496. The Morgan fingerprint density at radius 3 is 2.62 bits per heavy atom. The van der Waals surface area contributed by atoms with Gasteiger partial charge in [-0.25, -0.2) is 0 Å². The highest BCUT2D eigenvalue weighted by Gasteiger charge is 2.16. The first-order valence-corrected chi connectivity index (χ1v) is 5.48. The lowest BCUT2D eigenvalue weighted by Gasteiger charge is -2.06. The average molecular weight is 195 g/mol. The molecule has 0 spiro atoms. The molecule has 0 aromatic carbocycles. The van der Waals surface area contributed by atoms with Crippen LogP contribution in [0.1, 0.15) is 25.7 Å². The number of rotatable bonds is 2. The van der Waals surface area contributed by atoms with E-state index in [0.717, 1.165) is 10.3 Å². The second-order valence-electron chi connectivity index (χ2n) is 3.32. The maximum Gasteiger partial charge on any atom is 0.146 e. The van der Waals surface area contributed by atoms with Crippen LogP contribution in [-0.2, 0) is 0 Å². The molecule has 0 saturated heterocycles. The van der Waals surface area contributed by atoms with E-state index in [0.29, 0.717) is 5.82 Å². The number of aromatic nitrogens is 2. The van der Waals surface area contributed by atoms with Crippen LogP contribution < -0.4 is 5.73 Å². The predicted octanol–water partition coefficient (Wildman–Crippen LogP) is 2.09. The topological polar surface area (TPSA) is 51.8 Å². The van der Waals surface area contributed by atoms with E-state index in [2.05, 4.69) is 10.2 Å². The zero-order chi connectivity index (χ0) is 9.10. The van der Waals surface area contributed by atoms with Crippen LogP contribution in [0.5, 0.6) is 0 Å². The molecule has 1 aromatic heterocycles. The van der Waals surface area contributed by atoms with Crippen LogP contribution in [0.2, 0.25) is 0 Å². The van der Waals surface area contributed by atoms with Crippen molar-refractivity contribution in [1.29, 1.82) is 0 Å². The average Bonchev–Trinajstić information content (AvgIpc) is 2.62. The fourth-order valence-electron chi connectivity index (χ4n) is 1.57. The molecule has 1 aliphatic rings. The summed E-state index contributed by atoms with van der Waals surface area (Å²) in [4.78, 5) is 0. The number of nitrogen functional groups attached to an aromatic ring is 1. The summed E-state index contributed by atoms with van der Waals surface area (Å²) in [5, 5.41) is 9.61. The quantitative estimate of drug-likeness (QED) is 0.785. The lowest BCUT2D eigenvalue weighted by molar-refractivity contribution is 0.885. The van der Waals surface area contributed by atoms with Crippen molar-refractivity contribution in [1.82, 2.24) is 10.2 Å². The summed E-state index contributed by atoms with van der Waals surface area (Å²) in [5.41, 5.74) is 5.45. The monoisotopic (exact) mass is 195 g/mol. The molecule has 1 fully saturated rings. The number of anilines is 1. The van der Waals surface area contributed by atoms with E-state index in [-0.39, 0.29) is 0 Å². The first-order chi connectivity index (χ1) is 6.34. The number of hydrogen-bond acceptors (Lipinski definition) is 4. The molecule has 2 N–H and O–H groups in total. The summed E-state index contributed by atoms with van der Waals surface area (Å²) in [6, 6.07) is 3.76. The summed E-state index contributed by atoms with van der Waals surface area (Å²) in [6.07, 6.45) is 5.35. The molecular formula is C9H13N3S. The van der Waals surface area contributed by atoms with Gasteiger partial charge in [0.1, 0.15) is 10.8 Å². The molecule has 0 bridgehead atoms. The van der Waals surface area contributed by atoms with E-state index in [1.165, 1.54) is 25.7 Å². The van der Waals surface area contributed by atoms with Gasteiger partial charge in [-0.05, 0) is 25.0 Å². The van der Waals surface area contributed by atoms with Gasteiger partial charge in [-0.1, -0.05) is 12.8 Å². The second-order valence-corrected chi connectivity index (χ2v) is 4.64. The Balaban J connectivity index is 1.97. The van der Waals surface area contributed by atoms with Crippen LogP contribution >= 0.6 is 11.8 Å². The van der Waals surface area contributed by atoms with Gasteiger partial charge in [0.2, 0.25) is 0 Å². The third-order valence-corrected chi connectivity index (χ3v) is 3.51. The highest BCUT2D eigenvalue weighted by molar-refractivity contribution is 7.99. The molecule has 70 valence electrons. The second kappa shape index (κ2) is 3.96. The van der Waals surface area contributed by atoms with E-state index in [1.807, 2.05) is 23.9 Å². The highest BCUT2D eigenvalue weighted by Crippen LogP contribution is 2.33. The van der Waals surface area contributed by atoms with Gasteiger partial charge in [0, 0.05) is 5.25 Å². The van der Waals surface area contributed by atoms with E-state index in [9.17, 15) is 0 Å². The first-order valence-electron chi connectivity index (χ1n) is 4.60. The molecule has 4 heteroatoms. The van der Waals surface area contributed by atoms with Gasteiger partial charge in [0.25, 0.3) is 0 Å². The van der Waals surface area contributed by atoms with Crippen molar-refractivity contribution in [2.45, 2.75) is 36.0 Å². The minimum Gasteiger partial charge on any atom is -0.382 e.